The van der Waals surface area contributed by atoms with Crippen molar-refractivity contribution < 1.29 is 13.2 Å². The summed E-state index contributed by atoms with van der Waals surface area (Å²) in [6.45, 7) is 0.740. The van der Waals surface area contributed by atoms with Gasteiger partial charge in [-0.25, -0.2) is 13.2 Å². The van der Waals surface area contributed by atoms with Crippen LogP contribution in [0.25, 0.3) is 0 Å². The van der Waals surface area contributed by atoms with Crippen LogP contribution in [0.15, 0.2) is 12.1 Å². The smallest absolute Gasteiger partial charge is 0.161 e. The lowest BCUT2D eigenvalue weighted by molar-refractivity contribution is 0.275. The molecule has 1 aromatic carbocycles. The van der Waals surface area contributed by atoms with Gasteiger partial charge in [0.25, 0.3) is 0 Å². The fraction of sp³-hybridized carbons (Fsp3) is 0.333. The van der Waals surface area contributed by atoms with Crippen molar-refractivity contribution in [2.45, 2.75) is 5.54 Å². The second kappa shape index (κ2) is 2.96. The predicted octanol–water partition coefficient (Wildman–Crippen LogP) is 0.861. The average Bonchev–Trinajstić information content (AvgIpc) is 2.07. The molecular formula is C9H9F3N2. The van der Waals surface area contributed by atoms with E-state index in [1.165, 1.54) is 0 Å². The lowest BCUT2D eigenvalue weighted by atomic mass is 9.85. The highest BCUT2D eigenvalue weighted by atomic mass is 19.2. The van der Waals surface area contributed by atoms with E-state index >= 15 is 0 Å². The molecule has 3 N–H and O–H groups in total. The van der Waals surface area contributed by atoms with E-state index in [1.54, 1.807) is 0 Å². The quantitative estimate of drug-likeness (QED) is 0.663. The summed E-state index contributed by atoms with van der Waals surface area (Å²) < 4.78 is 38.7. The Morgan fingerprint density at radius 1 is 1.07 bits per heavy atom. The Morgan fingerprint density at radius 2 is 1.64 bits per heavy atom. The summed E-state index contributed by atoms with van der Waals surface area (Å²) in [5.74, 6) is -3.06. The van der Waals surface area contributed by atoms with E-state index in [0.29, 0.717) is 19.2 Å². The predicted molar refractivity (Wildman–Crippen MR) is 45.1 cm³/mol. The molecule has 1 heterocycles. The summed E-state index contributed by atoms with van der Waals surface area (Å²) in [6.07, 6.45) is 0. The maximum absolute atomic E-state index is 13.2. The Labute approximate surface area is 78.9 Å². The van der Waals surface area contributed by atoms with Gasteiger partial charge >= 0.3 is 0 Å². The van der Waals surface area contributed by atoms with Crippen LogP contribution in [0.2, 0.25) is 0 Å². The zero-order valence-corrected chi connectivity index (χ0v) is 7.28. The normalized spacial score (nSPS) is 19.1. The summed E-state index contributed by atoms with van der Waals surface area (Å²) in [5.41, 5.74) is 4.87. The molecule has 0 bridgehead atoms. The second-order valence-corrected chi connectivity index (χ2v) is 3.51. The Bertz CT molecular complexity index is 375. The molecule has 0 atom stereocenters. The molecule has 0 amide bonds. The van der Waals surface area contributed by atoms with Crippen LogP contribution in [0.4, 0.5) is 13.2 Å². The number of nitrogens with one attached hydrogen (secondary N) is 1. The fourth-order valence-electron chi connectivity index (χ4n) is 1.49. The molecule has 76 valence electrons. The van der Waals surface area contributed by atoms with Crippen LogP contribution >= 0.6 is 0 Å². The van der Waals surface area contributed by atoms with Gasteiger partial charge in [0, 0.05) is 24.7 Å². The summed E-state index contributed by atoms with van der Waals surface area (Å²) >= 11 is 0. The van der Waals surface area contributed by atoms with Gasteiger partial charge < -0.3 is 11.1 Å². The Morgan fingerprint density at radius 3 is 2.14 bits per heavy atom. The van der Waals surface area contributed by atoms with Crippen molar-refractivity contribution in [2.24, 2.45) is 5.73 Å². The summed E-state index contributed by atoms with van der Waals surface area (Å²) in [6, 6.07) is 1.35. The molecule has 2 nitrogen and oxygen atoms in total. The Hall–Kier alpha value is -1.07. The number of nitrogens with two attached hydrogens (primary N) is 1. The first-order valence-corrected chi connectivity index (χ1v) is 4.17. The first kappa shape index (κ1) is 9.48. The van der Waals surface area contributed by atoms with Gasteiger partial charge in [0.2, 0.25) is 0 Å². The third kappa shape index (κ3) is 1.29. The van der Waals surface area contributed by atoms with Crippen LogP contribution < -0.4 is 11.1 Å². The minimum absolute atomic E-state index is 0.0233. The molecule has 0 unspecified atom stereocenters. The zero-order chi connectivity index (χ0) is 10.3. The molecule has 2 rings (SSSR count). The van der Waals surface area contributed by atoms with E-state index in [-0.39, 0.29) is 5.56 Å². The highest BCUT2D eigenvalue weighted by Gasteiger charge is 2.37. The zero-order valence-electron chi connectivity index (χ0n) is 7.28. The van der Waals surface area contributed by atoms with Gasteiger partial charge in [-0.2, -0.15) is 0 Å². The summed E-state index contributed by atoms with van der Waals surface area (Å²) in [4.78, 5) is 0. The number of hydrogen-bond donors (Lipinski definition) is 2. The molecule has 0 aliphatic carbocycles. The first-order chi connectivity index (χ1) is 6.53. The second-order valence-electron chi connectivity index (χ2n) is 3.51. The van der Waals surface area contributed by atoms with Gasteiger partial charge in [-0.15, -0.1) is 0 Å². The summed E-state index contributed by atoms with van der Waals surface area (Å²) in [5, 5.41) is 2.85. The Kier molecular flexibility index (Phi) is 2.01. The van der Waals surface area contributed by atoms with Crippen molar-refractivity contribution in [3.63, 3.8) is 0 Å². The molecule has 0 saturated carbocycles. The molecule has 14 heavy (non-hydrogen) atoms. The molecular weight excluding hydrogens is 193 g/mol. The third-order valence-corrected chi connectivity index (χ3v) is 2.43. The number of rotatable bonds is 1. The topological polar surface area (TPSA) is 38.0 Å². The van der Waals surface area contributed by atoms with Crippen LogP contribution in [0.3, 0.4) is 0 Å². The minimum atomic E-state index is -1.19. The number of hydrogen-bond acceptors (Lipinski definition) is 2. The van der Waals surface area contributed by atoms with Crippen molar-refractivity contribution in [1.29, 1.82) is 0 Å². The van der Waals surface area contributed by atoms with Gasteiger partial charge in [-0.3, -0.25) is 0 Å². The van der Waals surface area contributed by atoms with E-state index in [4.69, 9.17) is 5.73 Å². The van der Waals surface area contributed by atoms with Crippen LogP contribution in [-0.2, 0) is 5.54 Å². The van der Waals surface area contributed by atoms with Crippen molar-refractivity contribution in [3.8, 4) is 0 Å². The van der Waals surface area contributed by atoms with Crippen molar-refractivity contribution in [2.75, 3.05) is 13.1 Å². The van der Waals surface area contributed by atoms with Gasteiger partial charge in [0.05, 0.1) is 5.54 Å². The lowest BCUT2D eigenvalue weighted by Crippen LogP contribution is -2.63. The van der Waals surface area contributed by atoms with Gasteiger partial charge in [0.1, 0.15) is 5.82 Å². The van der Waals surface area contributed by atoms with Gasteiger partial charge in [0.15, 0.2) is 11.6 Å². The molecule has 1 saturated heterocycles. The van der Waals surface area contributed by atoms with Crippen LogP contribution in [0.1, 0.15) is 5.56 Å². The van der Waals surface area contributed by atoms with Crippen LogP contribution in [0, 0.1) is 17.5 Å². The van der Waals surface area contributed by atoms with Crippen molar-refractivity contribution >= 4 is 0 Å². The summed E-state index contributed by atoms with van der Waals surface area (Å²) in [7, 11) is 0. The molecule has 1 fully saturated rings. The van der Waals surface area contributed by atoms with E-state index in [2.05, 4.69) is 5.32 Å². The highest BCUT2D eigenvalue weighted by Crippen LogP contribution is 2.26. The Balaban J connectivity index is 2.48. The van der Waals surface area contributed by atoms with Crippen molar-refractivity contribution in [3.05, 3.63) is 35.1 Å². The minimum Gasteiger partial charge on any atom is -0.319 e. The van der Waals surface area contributed by atoms with E-state index in [9.17, 15) is 13.2 Å². The third-order valence-electron chi connectivity index (χ3n) is 2.43. The monoisotopic (exact) mass is 202 g/mol. The molecule has 1 aliphatic heterocycles. The fourth-order valence-corrected chi connectivity index (χ4v) is 1.49. The van der Waals surface area contributed by atoms with Crippen molar-refractivity contribution in [1.82, 2.24) is 5.32 Å². The average molecular weight is 202 g/mol. The molecule has 0 aromatic heterocycles. The molecule has 5 heteroatoms. The standard InChI is InChI=1S/C9H9F3N2/c10-6-2-8(12)7(11)1-5(6)9(13)3-14-4-9/h1-2,14H,3-4,13H2. The number of benzene rings is 1. The maximum atomic E-state index is 13.2. The van der Waals surface area contributed by atoms with E-state index < -0.39 is 23.0 Å². The molecule has 1 aromatic rings. The largest absolute Gasteiger partial charge is 0.319 e. The molecule has 1 aliphatic rings. The van der Waals surface area contributed by atoms with E-state index in [1.807, 2.05) is 0 Å². The van der Waals surface area contributed by atoms with Gasteiger partial charge in [-0.1, -0.05) is 0 Å². The SMILES string of the molecule is NC1(c2cc(F)c(F)cc2F)CNC1. The molecule has 0 radical (unpaired) electrons. The van der Waals surface area contributed by atoms with Crippen LogP contribution in [-0.4, -0.2) is 13.1 Å². The lowest BCUT2D eigenvalue weighted by Gasteiger charge is -2.39. The number of halogens is 3. The van der Waals surface area contributed by atoms with Gasteiger partial charge in [-0.05, 0) is 6.07 Å². The first-order valence-electron chi connectivity index (χ1n) is 4.17. The highest BCUT2D eigenvalue weighted by molar-refractivity contribution is 5.30. The molecule has 0 spiro atoms. The van der Waals surface area contributed by atoms with E-state index in [0.717, 1.165) is 6.07 Å². The maximum Gasteiger partial charge on any atom is 0.161 e. The van der Waals surface area contributed by atoms with Crippen LogP contribution in [0.5, 0.6) is 0 Å².